The van der Waals surface area contributed by atoms with E-state index in [0.29, 0.717) is 17.7 Å². The molecule has 5 heteroatoms. The minimum Gasteiger partial charge on any atom is -0.440 e. The van der Waals surface area contributed by atoms with Crippen LogP contribution >= 0.6 is 11.6 Å². The molecule has 1 N–H and O–H groups in total. The van der Waals surface area contributed by atoms with Crippen molar-refractivity contribution in [3.05, 3.63) is 23.1 Å². The molecule has 1 aliphatic heterocycles. The van der Waals surface area contributed by atoms with Gasteiger partial charge in [-0.15, -0.1) is 0 Å². The first-order chi connectivity index (χ1) is 9.22. The zero-order chi connectivity index (χ0) is 13.2. The molecule has 1 saturated carbocycles. The fourth-order valence-corrected chi connectivity index (χ4v) is 2.76. The van der Waals surface area contributed by atoms with Crippen LogP contribution in [-0.2, 0) is 0 Å². The van der Waals surface area contributed by atoms with Crippen molar-refractivity contribution < 1.29 is 9.21 Å². The first kappa shape index (κ1) is 13.0. The van der Waals surface area contributed by atoms with Crippen molar-refractivity contribution in [3.63, 3.8) is 0 Å². The summed E-state index contributed by atoms with van der Waals surface area (Å²) in [6.45, 7) is 2.67. The fraction of sp³-hybridized carbons (Fsp3) is 0.643. The zero-order valence-electron chi connectivity index (χ0n) is 10.9. The Kier molecular flexibility index (Phi) is 3.80. The van der Waals surface area contributed by atoms with E-state index in [4.69, 9.17) is 16.0 Å². The average Bonchev–Trinajstić information content (AvgIpc) is 2.89. The highest BCUT2D eigenvalue weighted by Gasteiger charge is 2.30. The molecule has 1 aliphatic carbocycles. The van der Waals surface area contributed by atoms with Crippen molar-refractivity contribution in [2.24, 2.45) is 5.92 Å². The Morgan fingerprint density at radius 1 is 1.37 bits per heavy atom. The summed E-state index contributed by atoms with van der Waals surface area (Å²) in [6.07, 6.45) is 4.82. The van der Waals surface area contributed by atoms with Crippen LogP contribution in [0.1, 0.15) is 36.2 Å². The highest BCUT2D eigenvalue weighted by molar-refractivity contribution is 6.29. The van der Waals surface area contributed by atoms with E-state index in [9.17, 15) is 4.79 Å². The first-order valence-electron chi connectivity index (χ1n) is 7.00. The van der Waals surface area contributed by atoms with Crippen molar-refractivity contribution in [1.82, 2.24) is 10.2 Å². The molecular formula is C14H19ClN2O2. The Balaban J connectivity index is 1.67. The summed E-state index contributed by atoms with van der Waals surface area (Å²) < 4.78 is 5.25. The van der Waals surface area contributed by atoms with Crippen LogP contribution in [0.5, 0.6) is 0 Å². The number of carbonyl (C=O) groups excluding carboxylic acids is 1. The van der Waals surface area contributed by atoms with E-state index in [0.717, 1.165) is 26.1 Å². The number of rotatable bonds is 5. The van der Waals surface area contributed by atoms with Gasteiger partial charge in [0.15, 0.2) is 11.0 Å². The number of carbonyl (C=O) groups is 1. The van der Waals surface area contributed by atoms with Crippen molar-refractivity contribution in [2.45, 2.75) is 31.7 Å². The number of nitrogens with one attached hydrogen (secondary N) is 1. The van der Waals surface area contributed by atoms with E-state index in [1.165, 1.54) is 19.3 Å². The SMILES string of the molecule is O=C(c1ccc(Cl)o1)N(CC1CC1)CC1CCCN1. The Morgan fingerprint density at radius 3 is 2.79 bits per heavy atom. The van der Waals surface area contributed by atoms with Crippen molar-refractivity contribution in [1.29, 1.82) is 0 Å². The third kappa shape index (κ3) is 3.31. The number of furan rings is 1. The second-order valence-electron chi connectivity index (χ2n) is 5.55. The molecule has 1 unspecified atom stereocenters. The molecule has 0 radical (unpaired) electrons. The van der Waals surface area contributed by atoms with Crippen molar-refractivity contribution in [2.75, 3.05) is 19.6 Å². The van der Waals surface area contributed by atoms with E-state index < -0.39 is 0 Å². The number of amides is 1. The molecule has 2 aliphatic rings. The summed E-state index contributed by atoms with van der Waals surface area (Å²) in [6, 6.07) is 3.71. The molecule has 1 aromatic rings. The molecule has 2 heterocycles. The predicted molar refractivity (Wildman–Crippen MR) is 73.4 cm³/mol. The van der Waals surface area contributed by atoms with Gasteiger partial charge < -0.3 is 14.6 Å². The second kappa shape index (κ2) is 5.55. The first-order valence-corrected chi connectivity index (χ1v) is 7.38. The highest BCUT2D eigenvalue weighted by Crippen LogP contribution is 2.30. The minimum atomic E-state index is -0.0347. The van der Waals surface area contributed by atoms with Gasteiger partial charge in [-0.1, -0.05) is 0 Å². The monoisotopic (exact) mass is 282 g/mol. The smallest absolute Gasteiger partial charge is 0.289 e. The van der Waals surface area contributed by atoms with Crippen LogP contribution in [0, 0.1) is 5.92 Å². The normalized spacial score (nSPS) is 22.7. The lowest BCUT2D eigenvalue weighted by molar-refractivity contribution is 0.0701. The Morgan fingerprint density at radius 2 is 2.21 bits per heavy atom. The summed E-state index contributed by atoms with van der Waals surface area (Å²) in [5.41, 5.74) is 0. The maximum atomic E-state index is 12.5. The van der Waals surface area contributed by atoms with Gasteiger partial charge in [0.25, 0.3) is 5.91 Å². The van der Waals surface area contributed by atoms with Gasteiger partial charge in [0, 0.05) is 19.1 Å². The highest BCUT2D eigenvalue weighted by atomic mass is 35.5. The number of hydrogen-bond acceptors (Lipinski definition) is 3. The summed E-state index contributed by atoms with van der Waals surface area (Å²) >= 11 is 5.75. The van der Waals surface area contributed by atoms with E-state index in [2.05, 4.69) is 5.32 Å². The van der Waals surface area contributed by atoms with Gasteiger partial charge in [-0.2, -0.15) is 0 Å². The summed E-state index contributed by atoms with van der Waals surface area (Å²) in [4.78, 5) is 14.4. The average molecular weight is 283 g/mol. The Hall–Kier alpha value is -1.00. The molecule has 4 nitrogen and oxygen atoms in total. The molecule has 0 bridgehead atoms. The van der Waals surface area contributed by atoms with Crippen molar-refractivity contribution >= 4 is 17.5 Å². The van der Waals surface area contributed by atoms with Gasteiger partial charge in [-0.3, -0.25) is 4.79 Å². The van der Waals surface area contributed by atoms with Crippen LogP contribution in [-0.4, -0.2) is 36.5 Å². The molecule has 1 aromatic heterocycles. The topological polar surface area (TPSA) is 45.5 Å². The van der Waals surface area contributed by atoms with Gasteiger partial charge >= 0.3 is 0 Å². The molecule has 0 aromatic carbocycles. The van der Waals surface area contributed by atoms with Gasteiger partial charge in [0.05, 0.1) is 0 Å². The van der Waals surface area contributed by atoms with Gasteiger partial charge in [-0.25, -0.2) is 0 Å². The maximum Gasteiger partial charge on any atom is 0.289 e. The lowest BCUT2D eigenvalue weighted by atomic mass is 10.2. The van der Waals surface area contributed by atoms with E-state index >= 15 is 0 Å². The van der Waals surface area contributed by atoms with E-state index in [-0.39, 0.29) is 11.1 Å². The van der Waals surface area contributed by atoms with Crippen LogP contribution in [0.3, 0.4) is 0 Å². The molecule has 1 saturated heterocycles. The third-order valence-electron chi connectivity index (χ3n) is 3.85. The molecule has 104 valence electrons. The van der Waals surface area contributed by atoms with Crippen LogP contribution in [0.4, 0.5) is 0 Å². The third-order valence-corrected chi connectivity index (χ3v) is 4.05. The lowest BCUT2D eigenvalue weighted by Crippen LogP contribution is -2.42. The number of nitrogens with zero attached hydrogens (tertiary/aromatic N) is 1. The number of hydrogen-bond donors (Lipinski definition) is 1. The predicted octanol–water partition coefficient (Wildman–Crippen LogP) is 2.54. The molecule has 1 atom stereocenters. The molecule has 19 heavy (non-hydrogen) atoms. The van der Waals surface area contributed by atoms with Gasteiger partial charge in [0.2, 0.25) is 0 Å². The summed E-state index contributed by atoms with van der Waals surface area (Å²) in [7, 11) is 0. The van der Waals surface area contributed by atoms with Crippen LogP contribution in [0.15, 0.2) is 16.5 Å². The van der Waals surface area contributed by atoms with Crippen LogP contribution < -0.4 is 5.32 Å². The van der Waals surface area contributed by atoms with E-state index in [1.807, 2.05) is 4.90 Å². The maximum absolute atomic E-state index is 12.5. The van der Waals surface area contributed by atoms with Gasteiger partial charge in [0.1, 0.15) is 0 Å². The van der Waals surface area contributed by atoms with Crippen molar-refractivity contribution in [3.8, 4) is 0 Å². The molecule has 0 spiro atoms. The quantitative estimate of drug-likeness (QED) is 0.903. The summed E-state index contributed by atoms with van der Waals surface area (Å²) in [5.74, 6) is 0.993. The van der Waals surface area contributed by atoms with Crippen LogP contribution in [0.25, 0.3) is 0 Å². The molecule has 3 rings (SSSR count). The zero-order valence-corrected chi connectivity index (χ0v) is 11.7. The second-order valence-corrected chi connectivity index (χ2v) is 5.92. The largest absolute Gasteiger partial charge is 0.440 e. The fourth-order valence-electron chi connectivity index (χ4n) is 2.62. The number of halogens is 1. The molecule has 2 fully saturated rings. The van der Waals surface area contributed by atoms with Crippen LogP contribution in [0.2, 0.25) is 5.22 Å². The summed E-state index contributed by atoms with van der Waals surface area (Å²) in [5, 5.41) is 3.71. The molecular weight excluding hydrogens is 264 g/mol. The van der Waals surface area contributed by atoms with Gasteiger partial charge in [-0.05, 0) is 61.9 Å². The minimum absolute atomic E-state index is 0.0347. The Bertz CT molecular complexity index is 450. The van der Waals surface area contributed by atoms with E-state index in [1.54, 1.807) is 12.1 Å². The molecule has 1 amide bonds. The Labute approximate surface area is 118 Å². The lowest BCUT2D eigenvalue weighted by Gasteiger charge is -2.25. The standard InChI is InChI=1S/C14H19ClN2O2/c15-13-6-5-12(19-13)14(18)17(8-10-3-4-10)9-11-2-1-7-16-11/h5-6,10-11,16H,1-4,7-9H2.